The summed E-state index contributed by atoms with van der Waals surface area (Å²) >= 11 is 0. The van der Waals surface area contributed by atoms with Crippen molar-refractivity contribution in [1.29, 1.82) is 0 Å². The molecule has 3 N–H and O–H groups in total. The highest BCUT2D eigenvalue weighted by molar-refractivity contribution is 6.60. The van der Waals surface area contributed by atoms with E-state index < -0.39 is 23.4 Å². The van der Waals surface area contributed by atoms with Crippen LogP contribution >= 0.6 is 0 Å². The number of rotatable bonds is 5. The second-order valence-electron chi connectivity index (χ2n) is 4.13. The van der Waals surface area contributed by atoms with E-state index in [1.54, 1.807) is 0 Å². The fourth-order valence-corrected chi connectivity index (χ4v) is 2.17. The summed E-state index contributed by atoms with van der Waals surface area (Å²) in [6.45, 7) is 4.03. The molecule has 0 rings (SSSR count). The van der Waals surface area contributed by atoms with Crippen LogP contribution in [-0.2, 0) is 9.53 Å². The first-order chi connectivity index (χ1) is 6.61. The van der Waals surface area contributed by atoms with E-state index in [2.05, 4.69) is 0 Å². The molecule has 0 aromatic carbocycles. The Morgan fingerprint density at radius 3 is 2.00 bits per heavy atom. The molecule has 0 spiro atoms. The van der Waals surface area contributed by atoms with Gasteiger partial charge >= 0.3 is 0 Å². The average molecular weight is 236 g/mol. The molecule has 4 atom stereocenters. The molecule has 0 aliphatic heterocycles. The lowest BCUT2D eigenvalue weighted by Gasteiger charge is -2.43. The Morgan fingerprint density at radius 2 is 1.80 bits per heavy atom. The summed E-state index contributed by atoms with van der Waals surface area (Å²) < 4.78 is 5.00. The largest absolute Gasteiger partial charge is 0.391 e. The fraction of sp³-hybridized carbons (Fsp3) is 0.889. The molecule has 0 heterocycles. The van der Waals surface area contributed by atoms with Crippen molar-refractivity contribution in [3.05, 3.63) is 0 Å². The van der Waals surface area contributed by atoms with Gasteiger partial charge in [-0.2, -0.15) is 0 Å². The van der Waals surface area contributed by atoms with Gasteiger partial charge in [-0.05, 0) is 20.8 Å². The Morgan fingerprint density at radius 1 is 1.40 bits per heavy atom. The van der Waals surface area contributed by atoms with Crippen LogP contribution in [0.5, 0.6) is 0 Å². The number of ether oxygens (including phenoxy) is 1. The molecule has 0 saturated carbocycles. The molecule has 0 amide bonds. The number of aliphatic hydroxyl groups excluding tert-OH is 2. The summed E-state index contributed by atoms with van der Waals surface area (Å²) in [5.74, 6) is 0. The van der Waals surface area contributed by atoms with Crippen LogP contribution in [-0.4, -0.2) is 61.5 Å². The Labute approximate surface area is 92.5 Å². The number of hydrogen-bond donors (Lipinski definition) is 3. The number of carbonyl (C=O) groups is 1. The third-order valence-corrected chi connectivity index (χ3v) is 4.03. The van der Waals surface area contributed by atoms with E-state index in [1.807, 2.05) is 0 Å². The van der Waals surface area contributed by atoms with Gasteiger partial charge in [-0.1, -0.05) is 0 Å². The van der Waals surface area contributed by atoms with E-state index in [1.165, 1.54) is 27.9 Å². The van der Waals surface area contributed by atoms with Crippen LogP contribution in [0.15, 0.2) is 0 Å². The van der Waals surface area contributed by atoms with Crippen molar-refractivity contribution in [3.63, 3.8) is 0 Å². The number of methoxy groups -OCH3 is 1. The molecule has 4 unspecified atom stereocenters. The average Bonchev–Trinajstić information content (AvgIpc) is 2.14. The van der Waals surface area contributed by atoms with Gasteiger partial charge in [0, 0.05) is 7.11 Å². The van der Waals surface area contributed by atoms with Crippen molar-refractivity contribution >= 4 is 15.6 Å². The van der Waals surface area contributed by atoms with Crippen LogP contribution in [0.25, 0.3) is 0 Å². The van der Waals surface area contributed by atoms with Gasteiger partial charge in [-0.3, -0.25) is 0 Å². The van der Waals surface area contributed by atoms with Gasteiger partial charge in [0.25, 0.3) is 0 Å². The normalized spacial score (nSPS) is 23.9. The SMILES string of the molecule is COC(C)(C(=O)[SiH3])C(C)(O)C(O)C(C)O. The molecule has 0 aliphatic rings. The molecule has 6 heteroatoms. The van der Waals surface area contributed by atoms with Crippen LogP contribution in [0.2, 0.25) is 0 Å². The molecule has 0 saturated heterocycles. The number of hydrogen-bond acceptors (Lipinski definition) is 5. The monoisotopic (exact) mass is 236 g/mol. The van der Waals surface area contributed by atoms with E-state index in [-0.39, 0.29) is 15.6 Å². The summed E-state index contributed by atoms with van der Waals surface area (Å²) in [4.78, 5) is 11.5. The molecule has 0 fully saturated rings. The third kappa shape index (κ3) is 2.46. The third-order valence-electron chi connectivity index (χ3n) is 3.08. The van der Waals surface area contributed by atoms with E-state index in [0.717, 1.165) is 0 Å². The standard InChI is InChI=1S/C9H20O5Si/c1-5(10)6(11)8(2,13)9(3,14-4)7(12)15/h5-6,10-11,13H,1-4,15H3. The Kier molecular flexibility index (Phi) is 4.62. The molecule has 0 radical (unpaired) electrons. The maximum atomic E-state index is 11.5. The molecule has 0 aromatic rings. The highest BCUT2D eigenvalue weighted by Gasteiger charge is 2.53. The van der Waals surface area contributed by atoms with Gasteiger partial charge in [0.05, 0.1) is 16.3 Å². The first kappa shape index (κ1) is 14.7. The smallest absolute Gasteiger partial charge is 0.148 e. The number of aliphatic hydroxyl groups is 3. The van der Waals surface area contributed by atoms with Gasteiger partial charge in [-0.15, -0.1) is 0 Å². The minimum absolute atomic E-state index is 0.192. The zero-order valence-corrected chi connectivity index (χ0v) is 11.8. The molecular formula is C9H20O5Si. The molecule has 0 bridgehead atoms. The summed E-state index contributed by atoms with van der Waals surface area (Å²) in [7, 11) is 1.48. The lowest BCUT2D eigenvalue weighted by molar-refractivity contribution is -0.209. The van der Waals surface area contributed by atoms with Crippen LogP contribution in [0.3, 0.4) is 0 Å². The van der Waals surface area contributed by atoms with Gasteiger partial charge in [0.15, 0.2) is 0 Å². The molecule has 0 aliphatic carbocycles. The molecule has 0 aromatic heterocycles. The first-order valence-electron chi connectivity index (χ1n) is 4.76. The highest BCUT2D eigenvalue weighted by atomic mass is 28.1. The highest BCUT2D eigenvalue weighted by Crippen LogP contribution is 2.30. The Balaban J connectivity index is 5.22. The zero-order chi connectivity index (χ0) is 12.4. The summed E-state index contributed by atoms with van der Waals surface area (Å²) in [5, 5.41) is 28.7. The van der Waals surface area contributed by atoms with Crippen LogP contribution in [0.4, 0.5) is 0 Å². The van der Waals surface area contributed by atoms with E-state index >= 15 is 0 Å². The van der Waals surface area contributed by atoms with Crippen molar-refractivity contribution in [3.8, 4) is 0 Å². The zero-order valence-electron chi connectivity index (χ0n) is 9.81. The Bertz CT molecular complexity index is 241. The van der Waals surface area contributed by atoms with Crippen LogP contribution in [0.1, 0.15) is 20.8 Å². The lowest BCUT2D eigenvalue weighted by Crippen LogP contribution is -2.65. The van der Waals surface area contributed by atoms with E-state index in [4.69, 9.17) is 4.74 Å². The maximum absolute atomic E-state index is 11.5. The second-order valence-corrected chi connectivity index (χ2v) is 5.03. The molecular weight excluding hydrogens is 216 g/mol. The van der Waals surface area contributed by atoms with Gasteiger partial charge in [0.1, 0.15) is 22.7 Å². The second kappa shape index (κ2) is 4.71. The van der Waals surface area contributed by atoms with Crippen molar-refractivity contribution in [2.75, 3.05) is 7.11 Å². The first-order valence-corrected chi connectivity index (χ1v) is 5.76. The topological polar surface area (TPSA) is 87.0 Å². The summed E-state index contributed by atoms with van der Waals surface area (Å²) in [5.41, 5.74) is -3.32. The van der Waals surface area contributed by atoms with E-state index in [0.29, 0.717) is 0 Å². The molecule has 5 nitrogen and oxygen atoms in total. The van der Waals surface area contributed by atoms with Gasteiger partial charge in [-0.25, -0.2) is 0 Å². The predicted molar refractivity (Wildman–Crippen MR) is 58.7 cm³/mol. The Hall–Kier alpha value is -0.273. The predicted octanol–water partition coefficient (Wildman–Crippen LogP) is -2.22. The molecule has 90 valence electrons. The molecule has 15 heavy (non-hydrogen) atoms. The van der Waals surface area contributed by atoms with Crippen LogP contribution in [0, 0.1) is 0 Å². The quantitative estimate of drug-likeness (QED) is 0.471. The van der Waals surface area contributed by atoms with Crippen LogP contribution < -0.4 is 0 Å². The van der Waals surface area contributed by atoms with Crippen molar-refractivity contribution in [2.24, 2.45) is 0 Å². The minimum atomic E-state index is -1.82. The fourth-order valence-electron chi connectivity index (χ4n) is 1.46. The lowest BCUT2D eigenvalue weighted by atomic mass is 9.80. The van der Waals surface area contributed by atoms with Crippen molar-refractivity contribution in [2.45, 2.75) is 44.2 Å². The van der Waals surface area contributed by atoms with Gasteiger partial charge in [0.2, 0.25) is 0 Å². The van der Waals surface area contributed by atoms with Gasteiger partial charge < -0.3 is 24.9 Å². The van der Waals surface area contributed by atoms with E-state index in [9.17, 15) is 20.1 Å². The van der Waals surface area contributed by atoms with Crippen molar-refractivity contribution in [1.82, 2.24) is 0 Å². The summed E-state index contributed by atoms with van der Waals surface area (Å²) in [6.07, 6.45) is -2.59. The number of carbonyl (C=O) groups excluding carboxylic acids is 1. The minimum Gasteiger partial charge on any atom is -0.391 e. The maximum Gasteiger partial charge on any atom is 0.148 e. The summed E-state index contributed by atoms with van der Waals surface area (Å²) in [6, 6.07) is 0. The van der Waals surface area contributed by atoms with Crippen molar-refractivity contribution < 1.29 is 24.9 Å².